The van der Waals surface area contributed by atoms with Crippen molar-refractivity contribution in [1.29, 1.82) is 0 Å². The Balaban J connectivity index is 1.51. The predicted octanol–water partition coefficient (Wildman–Crippen LogP) is 3.15. The van der Waals surface area contributed by atoms with Gasteiger partial charge in [0.15, 0.2) is 0 Å². The van der Waals surface area contributed by atoms with E-state index in [4.69, 9.17) is 4.74 Å². The zero-order chi connectivity index (χ0) is 16.9. The topological polar surface area (TPSA) is 50.4 Å². The SMILES string of the molecule is COc1ccc2c(c1)CCC[C@@H]2CNC1CCC(NC(C)=O)CC1. The highest BCUT2D eigenvalue weighted by molar-refractivity contribution is 5.73. The number of aryl methyl sites for hydroxylation is 1. The molecule has 4 nitrogen and oxygen atoms in total. The van der Waals surface area contributed by atoms with E-state index in [1.54, 1.807) is 14.0 Å². The van der Waals surface area contributed by atoms with E-state index in [0.29, 0.717) is 18.0 Å². The van der Waals surface area contributed by atoms with Gasteiger partial charge in [0.1, 0.15) is 5.75 Å². The Hall–Kier alpha value is -1.55. The van der Waals surface area contributed by atoms with Crippen LogP contribution in [0.1, 0.15) is 62.5 Å². The number of benzene rings is 1. The van der Waals surface area contributed by atoms with Gasteiger partial charge in [-0.05, 0) is 74.1 Å². The van der Waals surface area contributed by atoms with Crippen LogP contribution in [-0.4, -0.2) is 31.6 Å². The van der Waals surface area contributed by atoms with Crippen molar-refractivity contribution in [3.8, 4) is 5.75 Å². The maximum atomic E-state index is 11.2. The number of ether oxygens (including phenoxy) is 1. The van der Waals surface area contributed by atoms with E-state index < -0.39 is 0 Å². The van der Waals surface area contributed by atoms with Crippen molar-refractivity contribution in [2.45, 2.75) is 69.9 Å². The first-order valence-electron chi connectivity index (χ1n) is 9.33. The first-order chi connectivity index (χ1) is 11.7. The Kier molecular flexibility index (Phi) is 5.77. The lowest BCUT2D eigenvalue weighted by Gasteiger charge is -2.32. The lowest BCUT2D eigenvalue weighted by atomic mass is 9.82. The van der Waals surface area contributed by atoms with Gasteiger partial charge < -0.3 is 15.4 Å². The molecule has 4 heteroatoms. The number of fused-ring (bicyclic) bond motifs is 1. The molecular weight excluding hydrogens is 300 g/mol. The van der Waals surface area contributed by atoms with Crippen molar-refractivity contribution in [3.05, 3.63) is 29.3 Å². The molecule has 2 aliphatic rings. The summed E-state index contributed by atoms with van der Waals surface area (Å²) < 4.78 is 5.36. The molecule has 1 amide bonds. The second-order valence-corrected chi connectivity index (χ2v) is 7.31. The summed E-state index contributed by atoms with van der Waals surface area (Å²) in [6, 6.07) is 7.53. The summed E-state index contributed by atoms with van der Waals surface area (Å²) in [5, 5.41) is 6.84. The minimum atomic E-state index is 0.0978. The molecular formula is C20H30N2O2. The Morgan fingerprint density at radius 2 is 1.92 bits per heavy atom. The molecule has 1 saturated carbocycles. The predicted molar refractivity (Wildman–Crippen MR) is 96.5 cm³/mol. The molecule has 0 aromatic heterocycles. The average molecular weight is 330 g/mol. The fourth-order valence-corrected chi connectivity index (χ4v) is 4.27. The van der Waals surface area contributed by atoms with Gasteiger partial charge in [-0.25, -0.2) is 0 Å². The highest BCUT2D eigenvalue weighted by Crippen LogP contribution is 2.33. The number of amides is 1. The van der Waals surface area contributed by atoms with E-state index in [0.717, 1.165) is 38.0 Å². The third kappa shape index (κ3) is 4.29. The molecule has 2 aliphatic carbocycles. The second-order valence-electron chi connectivity index (χ2n) is 7.31. The highest BCUT2D eigenvalue weighted by Gasteiger charge is 2.24. The van der Waals surface area contributed by atoms with Crippen LogP contribution in [0.2, 0.25) is 0 Å². The highest BCUT2D eigenvalue weighted by atomic mass is 16.5. The average Bonchev–Trinajstić information content (AvgIpc) is 2.60. The Bertz CT molecular complexity index is 565. The zero-order valence-electron chi connectivity index (χ0n) is 14.9. The number of rotatable bonds is 5. The summed E-state index contributed by atoms with van der Waals surface area (Å²) >= 11 is 0. The van der Waals surface area contributed by atoms with Gasteiger partial charge in [-0.3, -0.25) is 4.79 Å². The molecule has 0 unspecified atom stereocenters. The molecule has 24 heavy (non-hydrogen) atoms. The number of hydrogen-bond acceptors (Lipinski definition) is 3. The molecule has 1 fully saturated rings. The molecule has 1 atom stereocenters. The van der Waals surface area contributed by atoms with Crippen molar-refractivity contribution in [2.24, 2.45) is 0 Å². The standard InChI is InChI=1S/C20H30N2O2/c1-14(23)22-18-8-6-17(7-9-18)21-13-16-5-3-4-15-12-19(24-2)10-11-20(15)16/h10-12,16-18,21H,3-9,13H2,1-2H3,(H,22,23)/t16-,17?,18?/m1/s1. The summed E-state index contributed by atoms with van der Waals surface area (Å²) in [5.74, 6) is 1.69. The summed E-state index contributed by atoms with van der Waals surface area (Å²) in [6.45, 7) is 2.68. The van der Waals surface area contributed by atoms with Crippen LogP contribution in [0.4, 0.5) is 0 Å². The monoisotopic (exact) mass is 330 g/mol. The van der Waals surface area contributed by atoms with Gasteiger partial charge in [-0.2, -0.15) is 0 Å². The summed E-state index contributed by atoms with van der Waals surface area (Å²) in [7, 11) is 1.74. The number of methoxy groups -OCH3 is 1. The molecule has 0 heterocycles. The number of carbonyl (C=O) groups excluding carboxylic acids is 1. The van der Waals surface area contributed by atoms with Gasteiger partial charge in [0.05, 0.1) is 7.11 Å². The molecule has 3 rings (SSSR count). The second kappa shape index (κ2) is 8.02. The van der Waals surface area contributed by atoms with Crippen LogP contribution >= 0.6 is 0 Å². The molecule has 0 radical (unpaired) electrons. The Labute approximate surface area is 145 Å². The molecule has 0 spiro atoms. The number of nitrogens with one attached hydrogen (secondary N) is 2. The molecule has 132 valence electrons. The number of carbonyl (C=O) groups is 1. The lowest BCUT2D eigenvalue weighted by molar-refractivity contribution is -0.119. The van der Waals surface area contributed by atoms with E-state index in [1.165, 1.54) is 30.4 Å². The maximum absolute atomic E-state index is 11.2. The Morgan fingerprint density at radius 1 is 1.17 bits per heavy atom. The molecule has 1 aromatic rings. The molecule has 2 N–H and O–H groups in total. The molecule has 0 bridgehead atoms. The van der Waals surface area contributed by atoms with E-state index >= 15 is 0 Å². The summed E-state index contributed by atoms with van der Waals surface area (Å²) in [5.41, 5.74) is 2.96. The van der Waals surface area contributed by atoms with Gasteiger partial charge in [0.25, 0.3) is 0 Å². The van der Waals surface area contributed by atoms with Crippen LogP contribution in [0.3, 0.4) is 0 Å². The maximum Gasteiger partial charge on any atom is 0.217 e. The van der Waals surface area contributed by atoms with Gasteiger partial charge in [0.2, 0.25) is 5.91 Å². The van der Waals surface area contributed by atoms with Crippen molar-refractivity contribution in [2.75, 3.05) is 13.7 Å². The fraction of sp³-hybridized carbons (Fsp3) is 0.650. The van der Waals surface area contributed by atoms with Crippen LogP contribution < -0.4 is 15.4 Å². The van der Waals surface area contributed by atoms with Gasteiger partial charge in [-0.1, -0.05) is 6.07 Å². The van der Waals surface area contributed by atoms with Gasteiger partial charge in [-0.15, -0.1) is 0 Å². The zero-order valence-corrected chi connectivity index (χ0v) is 14.9. The first kappa shape index (κ1) is 17.3. The minimum absolute atomic E-state index is 0.0978. The third-order valence-corrected chi connectivity index (χ3v) is 5.58. The van der Waals surface area contributed by atoms with E-state index in [2.05, 4.69) is 28.8 Å². The third-order valence-electron chi connectivity index (χ3n) is 5.58. The summed E-state index contributed by atoms with van der Waals surface area (Å²) in [4.78, 5) is 11.2. The Morgan fingerprint density at radius 3 is 2.62 bits per heavy atom. The van der Waals surface area contributed by atoms with Crippen molar-refractivity contribution in [1.82, 2.24) is 10.6 Å². The van der Waals surface area contributed by atoms with Gasteiger partial charge in [0, 0.05) is 25.6 Å². The molecule has 0 aliphatic heterocycles. The van der Waals surface area contributed by atoms with Crippen LogP contribution in [0, 0.1) is 0 Å². The van der Waals surface area contributed by atoms with E-state index in [9.17, 15) is 4.79 Å². The van der Waals surface area contributed by atoms with Crippen LogP contribution in [0.5, 0.6) is 5.75 Å². The smallest absolute Gasteiger partial charge is 0.217 e. The van der Waals surface area contributed by atoms with Crippen molar-refractivity contribution in [3.63, 3.8) is 0 Å². The first-order valence-corrected chi connectivity index (χ1v) is 9.33. The normalized spacial score (nSPS) is 26.5. The van der Waals surface area contributed by atoms with Crippen LogP contribution in [0.25, 0.3) is 0 Å². The van der Waals surface area contributed by atoms with Crippen LogP contribution in [-0.2, 0) is 11.2 Å². The lowest BCUT2D eigenvalue weighted by Crippen LogP contribution is -2.42. The van der Waals surface area contributed by atoms with Crippen molar-refractivity contribution < 1.29 is 9.53 Å². The minimum Gasteiger partial charge on any atom is -0.497 e. The van der Waals surface area contributed by atoms with Crippen molar-refractivity contribution >= 4 is 5.91 Å². The van der Waals surface area contributed by atoms with E-state index in [-0.39, 0.29) is 5.91 Å². The fourth-order valence-electron chi connectivity index (χ4n) is 4.27. The van der Waals surface area contributed by atoms with E-state index in [1.807, 2.05) is 0 Å². The molecule has 1 aromatic carbocycles. The quantitative estimate of drug-likeness (QED) is 0.872. The molecule has 0 saturated heterocycles. The van der Waals surface area contributed by atoms with Crippen LogP contribution in [0.15, 0.2) is 18.2 Å². The van der Waals surface area contributed by atoms with Gasteiger partial charge >= 0.3 is 0 Å². The number of hydrogen-bond donors (Lipinski definition) is 2. The largest absolute Gasteiger partial charge is 0.497 e. The summed E-state index contributed by atoms with van der Waals surface area (Å²) in [6.07, 6.45) is 8.21.